The molecule has 2 atom stereocenters. The van der Waals surface area contributed by atoms with E-state index in [1.165, 1.54) is 6.07 Å². The third kappa shape index (κ3) is 4.40. The van der Waals surface area contributed by atoms with Crippen LogP contribution in [-0.2, 0) is 6.42 Å². The van der Waals surface area contributed by atoms with Gasteiger partial charge in [-0.05, 0) is 49.1 Å². The molecule has 0 saturated carbocycles. The molecule has 0 amide bonds. The quantitative estimate of drug-likeness (QED) is 0.866. The van der Waals surface area contributed by atoms with Crippen LogP contribution in [0.4, 0.5) is 4.39 Å². The van der Waals surface area contributed by atoms with E-state index in [0.717, 1.165) is 16.5 Å². The van der Waals surface area contributed by atoms with Gasteiger partial charge in [-0.3, -0.25) is 0 Å². The highest BCUT2D eigenvalue weighted by molar-refractivity contribution is 9.10. The average molecular weight is 302 g/mol. The summed E-state index contributed by atoms with van der Waals surface area (Å²) in [6.45, 7) is 6.67. The lowest BCUT2D eigenvalue weighted by molar-refractivity contribution is 0.309. The van der Waals surface area contributed by atoms with Crippen molar-refractivity contribution in [1.82, 2.24) is 5.32 Å². The summed E-state index contributed by atoms with van der Waals surface area (Å²) in [5.41, 5.74) is 1.03. The van der Waals surface area contributed by atoms with Crippen LogP contribution in [0, 0.1) is 17.7 Å². The molecule has 96 valence electrons. The lowest BCUT2D eigenvalue weighted by Crippen LogP contribution is -2.36. The molecule has 0 heterocycles. The van der Waals surface area contributed by atoms with Crippen molar-refractivity contribution < 1.29 is 4.39 Å². The first-order valence-electron chi connectivity index (χ1n) is 6.06. The van der Waals surface area contributed by atoms with Gasteiger partial charge in [-0.15, -0.1) is 0 Å². The maximum absolute atomic E-state index is 13.3. The van der Waals surface area contributed by atoms with Crippen molar-refractivity contribution >= 4 is 15.9 Å². The van der Waals surface area contributed by atoms with E-state index in [1.54, 1.807) is 6.07 Å². The van der Waals surface area contributed by atoms with Crippen LogP contribution in [0.5, 0.6) is 0 Å². The lowest BCUT2D eigenvalue weighted by Gasteiger charge is -2.26. The minimum Gasteiger partial charge on any atom is -0.316 e. The summed E-state index contributed by atoms with van der Waals surface area (Å²) in [7, 11) is 1.97. The Morgan fingerprint density at radius 2 is 1.88 bits per heavy atom. The first-order valence-corrected chi connectivity index (χ1v) is 6.85. The summed E-state index contributed by atoms with van der Waals surface area (Å²) < 4.78 is 14.1. The highest BCUT2D eigenvalue weighted by atomic mass is 79.9. The fraction of sp³-hybridized carbons (Fsp3) is 0.571. The topological polar surface area (TPSA) is 12.0 Å². The van der Waals surface area contributed by atoms with Crippen molar-refractivity contribution in [2.24, 2.45) is 11.8 Å². The number of halogens is 2. The molecule has 2 unspecified atom stereocenters. The SMILES string of the molecule is CNC(Cc1cc(F)cc(Br)c1)C(C)C(C)C. The maximum Gasteiger partial charge on any atom is 0.124 e. The van der Waals surface area contributed by atoms with Gasteiger partial charge in [0.15, 0.2) is 0 Å². The second-order valence-corrected chi connectivity index (χ2v) is 5.90. The van der Waals surface area contributed by atoms with Gasteiger partial charge in [-0.1, -0.05) is 36.7 Å². The first kappa shape index (κ1) is 14.7. The molecular formula is C14H21BrFN. The molecule has 1 aromatic carbocycles. The van der Waals surface area contributed by atoms with Crippen molar-refractivity contribution in [3.05, 3.63) is 34.1 Å². The minimum absolute atomic E-state index is 0.179. The summed E-state index contributed by atoms with van der Waals surface area (Å²) in [5.74, 6) is 0.993. The Bertz CT molecular complexity index is 345. The average Bonchev–Trinajstić information content (AvgIpc) is 2.23. The molecule has 1 aromatic rings. The number of nitrogens with one attached hydrogen (secondary N) is 1. The molecule has 0 aliphatic heterocycles. The maximum atomic E-state index is 13.3. The van der Waals surface area contributed by atoms with Crippen LogP contribution in [0.15, 0.2) is 22.7 Å². The Morgan fingerprint density at radius 1 is 1.24 bits per heavy atom. The molecule has 0 saturated heterocycles. The van der Waals surface area contributed by atoms with Crippen LogP contribution in [-0.4, -0.2) is 13.1 Å². The predicted octanol–water partition coefficient (Wildman–Crippen LogP) is 4.01. The number of benzene rings is 1. The Kier molecular flexibility index (Phi) is 5.60. The zero-order valence-electron chi connectivity index (χ0n) is 10.9. The summed E-state index contributed by atoms with van der Waals surface area (Å²) in [4.78, 5) is 0. The molecule has 1 rings (SSSR count). The zero-order valence-corrected chi connectivity index (χ0v) is 12.5. The van der Waals surface area contributed by atoms with E-state index in [1.807, 2.05) is 13.1 Å². The summed E-state index contributed by atoms with van der Waals surface area (Å²) >= 11 is 3.33. The van der Waals surface area contributed by atoms with Crippen molar-refractivity contribution in [2.45, 2.75) is 33.2 Å². The lowest BCUT2D eigenvalue weighted by atomic mass is 9.87. The number of rotatable bonds is 5. The molecule has 1 nitrogen and oxygen atoms in total. The van der Waals surface area contributed by atoms with Gasteiger partial charge in [0, 0.05) is 10.5 Å². The van der Waals surface area contributed by atoms with Gasteiger partial charge in [0.1, 0.15) is 5.82 Å². The Labute approximate surface area is 112 Å². The molecule has 0 aromatic heterocycles. The van der Waals surface area contributed by atoms with Gasteiger partial charge in [0.05, 0.1) is 0 Å². The van der Waals surface area contributed by atoms with E-state index < -0.39 is 0 Å². The second-order valence-electron chi connectivity index (χ2n) is 4.98. The smallest absolute Gasteiger partial charge is 0.124 e. The molecule has 0 spiro atoms. The third-order valence-corrected chi connectivity index (χ3v) is 3.89. The van der Waals surface area contributed by atoms with Crippen molar-refractivity contribution in [3.63, 3.8) is 0 Å². The molecular weight excluding hydrogens is 281 g/mol. The normalized spacial score (nSPS) is 15.0. The van der Waals surface area contributed by atoms with Crippen LogP contribution in [0.25, 0.3) is 0 Å². The molecule has 0 radical (unpaired) electrons. The van der Waals surface area contributed by atoms with E-state index in [-0.39, 0.29) is 5.82 Å². The number of hydrogen-bond acceptors (Lipinski definition) is 1. The Balaban J connectivity index is 2.80. The molecule has 3 heteroatoms. The second kappa shape index (κ2) is 6.50. The van der Waals surface area contributed by atoms with E-state index >= 15 is 0 Å². The van der Waals surface area contributed by atoms with Crippen LogP contribution in [0.3, 0.4) is 0 Å². The molecule has 0 bridgehead atoms. The van der Waals surface area contributed by atoms with Gasteiger partial charge in [0.25, 0.3) is 0 Å². The van der Waals surface area contributed by atoms with Gasteiger partial charge >= 0.3 is 0 Å². The number of hydrogen-bond donors (Lipinski definition) is 1. The minimum atomic E-state index is -0.179. The van der Waals surface area contributed by atoms with Gasteiger partial charge in [0.2, 0.25) is 0 Å². The Morgan fingerprint density at radius 3 is 2.35 bits per heavy atom. The van der Waals surface area contributed by atoms with E-state index in [2.05, 4.69) is 42.0 Å². The van der Waals surface area contributed by atoms with Crippen LogP contribution in [0.1, 0.15) is 26.3 Å². The summed E-state index contributed by atoms with van der Waals surface area (Å²) in [5, 5.41) is 3.33. The fourth-order valence-electron chi connectivity index (χ4n) is 2.00. The van der Waals surface area contributed by atoms with Crippen molar-refractivity contribution in [2.75, 3.05) is 7.05 Å². The van der Waals surface area contributed by atoms with E-state index in [0.29, 0.717) is 17.9 Å². The third-order valence-electron chi connectivity index (χ3n) is 3.43. The highest BCUT2D eigenvalue weighted by Gasteiger charge is 2.19. The fourth-order valence-corrected chi connectivity index (χ4v) is 2.51. The van der Waals surface area contributed by atoms with Crippen LogP contribution in [0.2, 0.25) is 0 Å². The largest absolute Gasteiger partial charge is 0.316 e. The molecule has 1 N–H and O–H groups in total. The van der Waals surface area contributed by atoms with Gasteiger partial charge in [-0.25, -0.2) is 4.39 Å². The highest BCUT2D eigenvalue weighted by Crippen LogP contribution is 2.21. The monoisotopic (exact) mass is 301 g/mol. The van der Waals surface area contributed by atoms with Crippen LogP contribution < -0.4 is 5.32 Å². The van der Waals surface area contributed by atoms with Gasteiger partial charge < -0.3 is 5.32 Å². The first-order chi connectivity index (χ1) is 7.93. The summed E-state index contributed by atoms with van der Waals surface area (Å²) in [6, 6.07) is 5.47. The van der Waals surface area contributed by atoms with E-state index in [4.69, 9.17) is 0 Å². The number of likely N-dealkylation sites (N-methyl/N-ethyl adjacent to an activating group) is 1. The Hall–Kier alpha value is -0.410. The molecule has 0 aliphatic carbocycles. The van der Waals surface area contributed by atoms with Crippen molar-refractivity contribution in [3.8, 4) is 0 Å². The van der Waals surface area contributed by atoms with Crippen molar-refractivity contribution in [1.29, 1.82) is 0 Å². The van der Waals surface area contributed by atoms with E-state index in [9.17, 15) is 4.39 Å². The van der Waals surface area contributed by atoms with Crippen LogP contribution >= 0.6 is 15.9 Å². The van der Waals surface area contributed by atoms with Gasteiger partial charge in [-0.2, -0.15) is 0 Å². The molecule has 17 heavy (non-hydrogen) atoms. The standard InChI is InChI=1S/C14H21BrFN/c1-9(2)10(3)14(17-4)7-11-5-12(15)8-13(16)6-11/h5-6,8-10,14,17H,7H2,1-4H3. The molecule has 0 fully saturated rings. The molecule has 0 aliphatic rings. The zero-order chi connectivity index (χ0) is 13.0. The predicted molar refractivity (Wildman–Crippen MR) is 74.7 cm³/mol. The summed E-state index contributed by atoms with van der Waals surface area (Å²) in [6.07, 6.45) is 0.853.